The van der Waals surface area contributed by atoms with E-state index < -0.39 is 11.1 Å². The molecule has 7 heteroatoms. The lowest BCUT2D eigenvalue weighted by molar-refractivity contribution is -0.120. The largest absolute Gasteiger partial charge is 0.349 e. The molecule has 4 aromatic rings. The van der Waals surface area contributed by atoms with E-state index in [9.17, 15) is 14.0 Å². The smallest absolute Gasteiger partial charge is 0.266 e. The third-order valence-electron chi connectivity index (χ3n) is 5.47. The van der Waals surface area contributed by atoms with Crippen molar-refractivity contribution in [2.24, 2.45) is 0 Å². The van der Waals surface area contributed by atoms with Crippen LogP contribution in [0.15, 0.2) is 82.7 Å². The Bertz CT molecular complexity index is 1370. The van der Waals surface area contributed by atoms with Crippen LogP contribution in [-0.4, -0.2) is 20.7 Å². The van der Waals surface area contributed by atoms with Gasteiger partial charge in [0.25, 0.3) is 5.56 Å². The van der Waals surface area contributed by atoms with Crippen LogP contribution in [0.3, 0.4) is 0 Å². The molecule has 0 spiro atoms. The van der Waals surface area contributed by atoms with Gasteiger partial charge in [-0.3, -0.25) is 14.2 Å². The highest BCUT2D eigenvalue weighted by Crippen LogP contribution is 2.26. The van der Waals surface area contributed by atoms with E-state index in [2.05, 4.69) is 10.3 Å². The Kier molecular flexibility index (Phi) is 6.60. The van der Waals surface area contributed by atoms with Crippen molar-refractivity contribution in [3.05, 3.63) is 100 Å². The normalized spacial score (nSPS) is 13.0. The molecule has 33 heavy (non-hydrogen) atoms. The van der Waals surface area contributed by atoms with Crippen LogP contribution in [0.2, 0.25) is 0 Å². The number of rotatable bonds is 6. The Morgan fingerprint density at radius 1 is 1.03 bits per heavy atom. The van der Waals surface area contributed by atoms with E-state index in [4.69, 9.17) is 0 Å². The van der Waals surface area contributed by atoms with Gasteiger partial charge in [-0.05, 0) is 56.2 Å². The van der Waals surface area contributed by atoms with Gasteiger partial charge in [0.05, 0.1) is 27.9 Å². The molecule has 0 aliphatic heterocycles. The van der Waals surface area contributed by atoms with Gasteiger partial charge >= 0.3 is 0 Å². The van der Waals surface area contributed by atoms with Gasteiger partial charge in [-0.25, -0.2) is 9.37 Å². The maximum atomic E-state index is 14.3. The number of carbonyl (C=O) groups excluding carboxylic acids is 1. The number of aromatic nitrogens is 2. The second kappa shape index (κ2) is 9.58. The molecule has 1 N–H and O–H groups in total. The molecule has 0 saturated heterocycles. The van der Waals surface area contributed by atoms with Crippen LogP contribution in [0.25, 0.3) is 16.6 Å². The number of halogens is 1. The first-order chi connectivity index (χ1) is 15.8. The Morgan fingerprint density at radius 3 is 2.45 bits per heavy atom. The minimum absolute atomic E-state index is 0.167. The van der Waals surface area contributed by atoms with Crippen LogP contribution in [-0.2, 0) is 4.79 Å². The SMILES string of the molecule is Cc1ccc(-n2c(SC(C)C(=O)NC(C)c3ccccc3)nc3ccccc3c2=O)cc1F. The highest BCUT2D eigenvalue weighted by atomic mass is 32.2. The van der Waals surface area contributed by atoms with Crippen LogP contribution in [0.5, 0.6) is 0 Å². The fourth-order valence-corrected chi connectivity index (χ4v) is 4.44. The summed E-state index contributed by atoms with van der Waals surface area (Å²) in [5.74, 6) is -0.591. The van der Waals surface area contributed by atoms with Crippen LogP contribution in [0.4, 0.5) is 4.39 Å². The van der Waals surface area contributed by atoms with Crippen molar-refractivity contribution in [1.82, 2.24) is 14.9 Å². The van der Waals surface area contributed by atoms with E-state index in [0.717, 1.165) is 5.56 Å². The summed E-state index contributed by atoms with van der Waals surface area (Å²) >= 11 is 1.17. The number of amides is 1. The molecule has 0 radical (unpaired) electrons. The average Bonchev–Trinajstić information content (AvgIpc) is 2.82. The molecule has 0 saturated carbocycles. The van der Waals surface area contributed by atoms with Gasteiger partial charge in [0, 0.05) is 0 Å². The van der Waals surface area contributed by atoms with Crippen LogP contribution in [0, 0.1) is 12.7 Å². The molecule has 3 aromatic carbocycles. The minimum atomic E-state index is -0.536. The predicted molar refractivity (Wildman–Crippen MR) is 130 cm³/mol. The molecule has 1 aromatic heterocycles. The molecular formula is C26H24FN3O2S. The number of aryl methyl sites for hydroxylation is 1. The fraction of sp³-hybridized carbons (Fsp3) is 0.192. The van der Waals surface area contributed by atoms with Crippen molar-refractivity contribution < 1.29 is 9.18 Å². The molecular weight excluding hydrogens is 437 g/mol. The molecule has 0 bridgehead atoms. The lowest BCUT2D eigenvalue weighted by Crippen LogP contribution is -2.33. The lowest BCUT2D eigenvalue weighted by Gasteiger charge is -2.19. The summed E-state index contributed by atoms with van der Waals surface area (Å²) < 4.78 is 15.7. The molecule has 2 atom stereocenters. The molecule has 1 heterocycles. The zero-order chi connectivity index (χ0) is 23.5. The van der Waals surface area contributed by atoms with Gasteiger partial charge in [0.2, 0.25) is 5.91 Å². The first-order valence-electron chi connectivity index (χ1n) is 10.7. The Hall–Kier alpha value is -3.45. The summed E-state index contributed by atoms with van der Waals surface area (Å²) in [6, 6.07) is 21.2. The molecule has 168 valence electrons. The maximum absolute atomic E-state index is 14.3. The average molecular weight is 462 g/mol. The summed E-state index contributed by atoms with van der Waals surface area (Å²) in [4.78, 5) is 30.9. The second-order valence-electron chi connectivity index (χ2n) is 7.89. The number of hydrogen-bond acceptors (Lipinski definition) is 4. The number of para-hydroxylation sites is 1. The number of thioether (sulfide) groups is 1. The number of benzene rings is 3. The van der Waals surface area contributed by atoms with Crippen molar-refractivity contribution in [3.63, 3.8) is 0 Å². The first-order valence-corrected chi connectivity index (χ1v) is 11.5. The summed E-state index contributed by atoms with van der Waals surface area (Å²) in [7, 11) is 0. The van der Waals surface area contributed by atoms with Gasteiger partial charge in [-0.2, -0.15) is 0 Å². The molecule has 5 nitrogen and oxygen atoms in total. The van der Waals surface area contributed by atoms with E-state index in [1.807, 2.05) is 37.3 Å². The Balaban J connectivity index is 1.69. The maximum Gasteiger partial charge on any atom is 0.266 e. The summed E-state index contributed by atoms with van der Waals surface area (Å²) in [6.07, 6.45) is 0. The molecule has 1 amide bonds. The van der Waals surface area contributed by atoms with E-state index in [0.29, 0.717) is 27.3 Å². The molecule has 0 aliphatic rings. The third-order valence-corrected chi connectivity index (χ3v) is 6.52. The number of nitrogens with one attached hydrogen (secondary N) is 1. The number of fused-ring (bicyclic) bond motifs is 1. The predicted octanol–water partition coefficient (Wildman–Crippen LogP) is 5.19. The van der Waals surface area contributed by atoms with Gasteiger partial charge in [0.1, 0.15) is 5.82 Å². The number of hydrogen-bond donors (Lipinski definition) is 1. The molecule has 4 rings (SSSR count). The Labute approximate surface area is 195 Å². The first kappa shape index (κ1) is 22.7. The van der Waals surface area contributed by atoms with Crippen molar-refractivity contribution >= 4 is 28.6 Å². The van der Waals surface area contributed by atoms with Crippen LogP contribution in [0.1, 0.15) is 31.0 Å². The van der Waals surface area contributed by atoms with E-state index >= 15 is 0 Å². The van der Waals surface area contributed by atoms with E-state index in [-0.39, 0.29) is 17.5 Å². The van der Waals surface area contributed by atoms with Crippen molar-refractivity contribution in [2.45, 2.75) is 37.2 Å². The molecule has 2 unspecified atom stereocenters. The Morgan fingerprint density at radius 2 is 1.73 bits per heavy atom. The van der Waals surface area contributed by atoms with Crippen LogP contribution >= 0.6 is 11.8 Å². The summed E-state index contributed by atoms with van der Waals surface area (Å²) in [5.41, 5.74) is 2.07. The standard InChI is InChI=1S/C26H24FN3O2S/c1-16-13-14-20(15-22(16)27)30-25(32)21-11-7-8-12-23(21)29-26(30)33-18(3)24(31)28-17(2)19-9-5-4-6-10-19/h4-15,17-18H,1-3H3,(H,28,31). The fourth-order valence-electron chi connectivity index (χ4n) is 3.51. The van der Waals surface area contributed by atoms with Crippen molar-refractivity contribution in [1.29, 1.82) is 0 Å². The van der Waals surface area contributed by atoms with E-state index in [1.54, 1.807) is 50.2 Å². The molecule has 0 fully saturated rings. The lowest BCUT2D eigenvalue weighted by atomic mass is 10.1. The zero-order valence-electron chi connectivity index (χ0n) is 18.6. The van der Waals surface area contributed by atoms with Crippen LogP contribution < -0.4 is 10.9 Å². The monoisotopic (exact) mass is 461 g/mol. The summed E-state index contributed by atoms with van der Waals surface area (Å²) in [6.45, 7) is 5.35. The second-order valence-corrected chi connectivity index (χ2v) is 9.19. The summed E-state index contributed by atoms with van der Waals surface area (Å²) in [5, 5.41) is 3.23. The molecule has 0 aliphatic carbocycles. The minimum Gasteiger partial charge on any atom is -0.349 e. The topological polar surface area (TPSA) is 64.0 Å². The zero-order valence-corrected chi connectivity index (χ0v) is 19.4. The van der Waals surface area contributed by atoms with Gasteiger partial charge in [-0.15, -0.1) is 0 Å². The van der Waals surface area contributed by atoms with E-state index in [1.165, 1.54) is 22.4 Å². The highest BCUT2D eigenvalue weighted by Gasteiger charge is 2.22. The number of nitrogens with zero attached hydrogens (tertiary/aromatic N) is 2. The third kappa shape index (κ3) is 4.83. The van der Waals surface area contributed by atoms with Crippen molar-refractivity contribution in [3.8, 4) is 5.69 Å². The van der Waals surface area contributed by atoms with Gasteiger partial charge < -0.3 is 5.32 Å². The highest BCUT2D eigenvalue weighted by molar-refractivity contribution is 8.00. The van der Waals surface area contributed by atoms with Crippen molar-refractivity contribution in [2.75, 3.05) is 0 Å². The quantitative estimate of drug-likeness (QED) is 0.317. The van der Waals surface area contributed by atoms with Gasteiger partial charge in [-0.1, -0.05) is 60.3 Å². The number of carbonyl (C=O) groups is 1. The van der Waals surface area contributed by atoms with Gasteiger partial charge in [0.15, 0.2) is 5.16 Å².